The van der Waals surface area contributed by atoms with Gasteiger partial charge in [-0.1, -0.05) is 12.2 Å². The van der Waals surface area contributed by atoms with Crippen LogP contribution >= 0.6 is 12.6 Å². The van der Waals surface area contributed by atoms with E-state index < -0.39 is 21.1 Å². The van der Waals surface area contributed by atoms with E-state index in [1.54, 1.807) is 31.4 Å². The molecule has 0 aliphatic heterocycles. The molecule has 0 radical (unpaired) electrons. The minimum atomic E-state index is -3.44. The fourth-order valence-corrected chi connectivity index (χ4v) is 3.56. The van der Waals surface area contributed by atoms with Crippen molar-refractivity contribution in [3.8, 4) is 0 Å². The van der Waals surface area contributed by atoms with Crippen LogP contribution in [0.4, 0.5) is 0 Å². The Morgan fingerprint density at radius 3 is 2.16 bits per heavy atom. The maximum atomic E-state index is 12.4. The Balaban J connectivity index is 2.94. The smallest absolute Gasteiger partial charge is 0.224 e. The molecule has 0 bridgehead atoms. The van der Waals surface area contributed by atoms with Gasteiger partial charge in [0.05, 0.1) is 0 Å². The lowest BCUT2D eigenvalue weighted by Gasteiger charge is -2.30. The van der Waals surface area contributed by atoms with Crippen LogP contribution in [0.2, 0.25) is 0 Å². The fraction of sp³-hybridized carbons (Fsp3) is 0.667. The maximum absolute atomic E-state index is 12.4. The lowest BCUT2D eigenvalue weighted by molar-refractivity contribution is -0.134. The highest BCUT2D eigenvalue weighted by Gasteiger charge is 2.34. The molecule has 1 aliphatic carbocycles. The summed E-state index contributed by atoms with van der Waals surface area (Å²) < 4.78 is 36.5. The number of sulfonamides is 1. The Kier molecular flexibility index (Phi) is 5.64. The monoisotopic (exact) mass is 307 g/mol. The second-order valence-electron chi connectivity index (χ2n) is 4.41. The fourth-order valence-electron chi connectivity index (χ4n) is 1.69. The van der Waals surface area contributed by atoms with E-state index in [0.717, 1.165) is 0 Å². The van der Waals surface area contributed by atoms with Crippen molar-refractivity contribution in [3.63, 3.8) is 0 Å². The predicted octanol–water partition coefficient (Wildman–Crippen LogP) is 1.05. The Morgan fingerprint density at radius 2 is 1.79 bits per heavy atom. The average Bonchev–Trinajstić information content (AvgIpc) is 2.45. The molecular weight excluding hydrogens is 286 g/mol. The molecule has 0 saturated heterocycles. The van der Waals surface area contributed by atoms with Crippen molar-refractivity contribution >= 4 is 22.7 Å². The molecule has 1 unspecified atom stereocenters. The molecule has 0 spiro atoms. The summed E-state index contributed by atoms with van der Waals surface area (Å²) in [5.74, 6) is -0.504. The van der Waals surface area contributed by atoms with Crippen molar-refractivity contribution in [1.82, 2.24) is 4.31 Å². The summed E-state index contributed by atoms with van der Waals surface area (Å²) in [7, 11) is 1.13. The van der Waals surface area contributed by atoms with Gasteiger partial charge in [-0.05, 0) is 19.1 Å². The van der Waals surface area contributed by atoms with E-state index in [1.165, 1.54) is 18.5 Å². The summed E-state index contributed by atoms with van der Waals surface area (Å²) in [6.07, 6.45) is 6.36. The van der Waals surface area contributed by atoms with E-state index in [0.29, 0.717) is 5.75 Å². The van der Waals surface area contributed by atoms with Crippen LogP contribution in [0.15, 0.2) is 24.3 Å². The van der Waals surface area contributed by atoms with Crippen LogP contribution in [0.3, 0.4) is 0 Å². The lowest BCUT2D eigenvalue weighted by Crippen LogP contribution is -2.42. The van der Waals surface area contributed by atoms with Gasteiger partial charge >= 0.3 is 0 Å². The molecule has 7 heteroatoms. The number of thiol groups is 1. The van der Waals surface area contributed by atoms with Crippen molar-refractivity contribution in [3.05, 3.63) is 24.3 Å². The van der Waals surface area contributed by atoms with Gasteiger partial charge in [0.15, 0.2) is 0 Å². The van der Waals surface area contributed by atoms with E-state index in [2.05, 4.69) is 12.6 Å². The molecule has 0 heterocycles. The SMILES string of the molecule is COC1(OC)C=CC(S(=O)(=O)N(C)C(C)CS)C=C1. The lowest BCUT2D eigenvalue weighted by atomic mass is 10.1. The standard InChI is InChI=1S/C12H21NO4S2/c1-10(9-18)13(2)19(14,15)11-5-7-12(16-3,17-4)8-6-11/h5-8,10-11,18H,9H2,1-4H3. The maximum Gasteiger partial charge on any atom is 0.224 e. The number of nitrogens with zero attached hydrogens (tertiary/aromatic N) is 1. The number of ether oxygens (including phenoxy) is 2. The highest BCUT2D eigenvalue weighted by Crippen LogP contribution is 2.24. The first kappa shape index (κ1) is 16.7. The van der Waals surface area contributed by atoms with Crippen LogP contribution in [0.5, 0.6) is 0 Å². The molecule has 0 aromatic carbocycles. The summed E-state index contributed by atoms with van der Waals surface area (Å²) in [5, 5.41) is -0.710. The van der Waals surface area contributed by atoms with Gasteiger partial charge in [-0.3, -0.25) is 0 Å². The summed E-state index contributed by atoms with van der Waals surface area (Å²) in [6.45, 7) is 1.81. The molecule has 5 nitrogen and oxygen atoms in total. The van der Waals surface area contributed by atoms with Gasteiger partial charge in [0.25, 0.3) is 0 Å². The van der Waals surface area contributed by atoms with Gasteiger partial charge in [0, 0.05) is 33.1 Å². The van der Waals surface area contributed by atoms with Crippen molar-refractivity contribution in [2.45, 2.75) is 24.0 Å². The molecule has 110 valence electrons. The van der Waals surface area contributed by atoms with Gasteiger partial charge in [-0.25, -0.2) is 12.7 Å². The van der Waals surface area contributed by atoms with Gasteiger partial charge in [-0.15, -0.1) is 0 Å². The zero-order valence-corrected chi connectivity index (χ0v) is 13.3. The van der Waals surface area contributed by atoms with Gasteiger partial charge in [0.1, 0.15) is 5.25 Å². The number of hydrogen-bond donors (Lipinski definition) is 1. The van der Waals surface area contributed by atoms with Crippen molar-refractivity contribution in [2.24, 2.45) is 0 Å². The van der Waals surface area contributed by atoms with E-state index in [4.69, 9.17) is 9.47 Å². The third-order valence-electron chi connectivity index (χ3n) is 3.30. The molecule has 0 saturated carbocycles. The van der Waals surface area contributed by atoms with Crippen LogP contribution < -0.4 is 0 Å². The Hall–Kier alpha value is -0.340. The van der Waals surface area contributed by atoms with Gasteiger partial charge < -0.3 is 9.47 Å². The van der Waals surface area contributed by atoms with E-state index in [9.17, 15) is 8.42 Å². The minimum Gasteiger partial charge on any atom is -0.346 e. The zero-order valence-electron chi connectivity index (χ0n) is 11.6. The first-order chi connectivity index (χ1) is 8.83. The van der Waals surface area contributed by atoms with Crippen LogP contribution in [0.1, 0.15) is 6.92 Å². The summed E-state index contributed by atoms with van der Waals surface area (Å²) >= 11 is 4.13. The molecule has 1 rings (SSSR count). The number of hydrogen-bond acceptors (Lipinski definition) is 5. The third-order valence-corrected chi connectivity index (χ3v) is 6.00. The van der Waals surface area contributed by atoms with Crippen LogP contribution in [0, 0.1) is 0 Å². The van der Waals surface area contributed by atoms with Crippen molar-refractivity contribution in [1.29, 1.82) is 0 Å². The predicted molar refractivity (Wildman–Crippen MR) is 78.8 cm³/mol. The van der Waals surface area contributed by atoms with Crippen molar-refractivity contribution in [2.75, 3.05) is 27.0 Å². The van der Waals surface area contributed by atoms with Gasteiger partial charge in [0.2, 0.25) is 15.8 Å². The second kappa shape index (κ2) is 6.41. The Bertz CT molecular complexity index is 438. The van der Waals surface area contributed by atoms with E-state index in [-0.39, 0.29) is 6.04 Å². The summed E-state index contributed by atoms with van der Waals surface area (Å²) in [4.78, 5) is 0. The summed E-state index contributed by atoms with van der Waals surface area (Å²) in [5.41, 5.74) is 0. The molecule has 19 heavy (non-hydrogen) atoms. The average molecular weight is 307 g/mol. The normalized spacial score (nSPS) is 20.9. The summed E-state index contributed by atoms with van der Waals surface area (Å²) in [6, 6.07) is -0.160. The molecule has 1 aliphatic rings. The quantitative estimate of drug-likeness (QED) is 0.453. The Morgan fingerprint density at radius 1 is 1.32 bits per heavy atom. The molecule has 1 atom stereocenters. The topological polar surface area (TPSA) is 55.8 Å². The van der Waals surface area contributed by atoms with Gasteiger partial charge in [-0.2, -0.15) is 12.6 Å². The highest BCUT2D eigenvalue weighted by molar-refractivity contribution is 7.90. The third kappa shape index (κ3) is 3.41. The first-order valence-corrected chi connectivity index (χ1v) is 8.03. The minimum absolute atomic E-state index is 0.160. The first-order valence-electron chi connectivity index (χ1n) is 5.89. The van der Waals surface area contributed by atoms with Crippen molar-refractivity contribution < 1.29 is 17.9 Å². The van der Waals surface area contributed by atoms with E-state index >= 15 is 0 Å². The molecule has 0 amide bonds. The highest BCUT2D eigenvalue weighted by atomic mass is 32.2. The van der Waals surface area contributed by atoms with Crippen LogP contribution in [-0.2, 0) is 19.5 Å². The number of rotatable bonds is 6. The molecular formula is C12H21NO4S2. The molecule has 0 N–H and O–H groups in total. The second-order valence-corrected chi connectivity index (χ2v) is 6.92. The molecule has 0 aromatic rings. The van der Waals surface area contributed by atoms with Crippen LogP contribution in [0.25, 0.3) is 0 Å². The zero-order chi connectivity index (χ0) is 14.7. The largest absolute Gasteiger partial charge is 0.346 e. The molecule has 0 fully saturated rings. The Labute approximate surface area is 120 Å². The van der Waals surface area contributed by atoms with Crippen LogP contribution in [-0.4, -0.2) is 56.8 Å². The number of methoxy groups -OCH3 is 2. The molecule has 0 aromatic heterocycles. The van der Waals surface area contributed by atoms with E-state index in [1.807, 2.05) is 6.92 Å².